The van der Waals surface area contributed by atoms with Gasteiger partial charge in [0.2, 0.25) is 0 Å². The molecule has 20 heavy (non-hydrogen) atoms. The normalized spacial score (nSPS) is 12.3. The van der Waals surface area contributed by atoms with E-state index in [4.69, 9.17) is 0 Å². The van der Waals surface area contributed by atoms with Crippen molar-refractivity contribution in [1.29, 1.82) is 0 Å². The lowest BCUT2D eigenvalue weighted by Gasteiger charge is -1.94. The van der Waals surface area contributed by atoms with Crippen molar-refractivity contribution in [1.82, 2.24) is 0 Å². The quantitative estimate of drug-likeness (QED) is 0.667. The molecule has 0 radical (unpaired) electrons. The third kappa shape index (κ3) is 5.02. The molecule has 0 aliphatic rings. The molecule has 2 heteroatoms. The van der Waals surface area contributed by atoms with Crippen LogP contribution in [-0.2, 0) is 0 Å². The first-order valence-electron chi connectivity index (χ1n) is 6.67. The van der Waals surface area contributed by atoms with Gasteiger partial charge in [-0.1, -0.05) is 42.0 Å². The number of aliphatic imine (C=N–C) groups is 2. The fourth-order valence-corrected chi connectivity index (χ4v) is 1.64. The highest BCUT2D eigenvalue weighted by Crippen LogP contribution is 2.10. The molecule has 0 spiro atoms. The largest absolute Gasteiger partial charge is 0.261 e. The van der Waals surface area contributed by atoms with Crippen LogP contribution in [0.1, 0.15) is 13.3 Å². The Balaban J connectivity index is 1.86. The topological polar surface area (TPSA) is 24.7 Å². The number of benzene rings is 2. The second kappa shape index (κ2) is 7.85. The molecule has 0 saturated carbocycles. The van der Waals surface area contributed by atoms with Gasteiger partial charge in [-0.3, -0.25) is 9.98 Å². The van der Waals surface area contributed by atoms with Gasteiger partial charge < -0.3 is 0 Å². The minimum absolute atomic E-state index is 0.829. The molecule has 0 heterocycles. The van der Waals surface area contributed by atoms with Crippen LogP contribution in [-0.4, -0.2) is 12.4 Å². The molecule has 0 atom stereocenters. The first kappa shape index (κ1) is 13.9. The van der Waals surface area contributed by atoms with E-state index in [1.165, 1.54) is 5.57 Å². The molecule has 0 bridgehead atoms. The van der Waals surface area contributed by atoms with Gasteiger partial charge in [0.25, 0.3) is 0 Å². The molecule has 0 aromatic heterocycles. The molecular weight excluding hydrogens is 244 g/mol. The summed E-state index contributed by atoms with van der Waals surface area (Å²) in [4.78, 5) is 8.77. The molecule has 0 N–H and O–H groups in total. The average Bonchev–Trinajstić information content (AvgIpc) is 2.49. The summed E-state index contributed by atoms with van der Waals surface area (Å²) in [5, 5.41) is 0. The van der Waals surface area contributed by atoms with E-state index in [0.717, 1.165) is 17.8 Å². The van der Waals surface area contributed by atoms with Gasteiger partial charge in [0.05, 0.1) is 11.4 Å². The Labute approximate surface area is 120 Å². The van der Waals surface area contributed by atoms with Crippen LogP contribution in [0.15, 0.2) is 82.3 Å². The highest BCUT2D eigenvalue weighted by molar-refractivity contribution is 5.77. The number of hydrogen-bond acceptors (Lipinski definition) is 2. The zero-order valence-corrected chi connectivity index (χ0v) is 11.6. The molecule has 0 aliphatic heterocycles. The van der Waals surface area contributed by atoms with Crippen molar-refractivity contribution in [3.05, 3.63) is 72.3 Å². The molecule has 2 nitrogen and oxygen atoms in total. The Bertz CT molecular complexity index is 596. The smallest absolute Gasteiger partial charge is 0.0629 e. The molecular formula is C18H18N2. The van der Waals surface area contributed by atoms with Crippen LogP contribution in [0.4, 0.5) is 11.4 Å². The van der Waals surface area contributed by atoms with Gasteiger partial charge in [-0.25, -0.2) is 0 Å². The maximum Gasteiger partial charge on any atom is 0.0629 e. The summed E-state index contributed by atoms with van der Waals surface area (Å²) in [6, 6.07) is 19.9. The van der Waals surface area contributed by atoms with E-state index in [-0.39, 0.29) is 0 Å². The van der Waals surface area contributed by atoms with Crippen molar-refractivity contribution >= 4 is 23.8 Å². The van der Waals surface area contributed by atoms with Gasteiger partial charge in [-0.2, -0.15) is 0 Å². The predicted octanol–water partition coefficient (Wildman–Crippen LogP) is 5.13. The van der Waals surface area contributed by atoms with Crippen LogP contribution in [0.5, 0.6) is 0 Å². The molecule has 2 aromatic carbocycles. The van der Waals surface area contributed by atoms with Crippen molar-refractivity contribution in [2.45, 2.75) is 13.3 Å². The first-order chi connectivity index (χ1) is 9.84. The van der Waals surface area contributed by atoms with Gasteiger partial charge in [-0.05, 0) is 37.3 Å². The molecule has 0 unspecified atom stereocenters. The van der Waals surface area contributed by atoms with Gasteiger partial charge in [0.1, 0.15) is 0 Å². The van der Waals surface area contributed by atoms with Gasteiger partial charge in [0.15, 0.2) is 0 Å². The number of para-hydroxylation sites is 2. The van der Waals surface area contributed by atoms with E-state index in [9.17, 15) is 0 Å². The van der Waals surface area contributed by atoms with Crippen LogP contribution >= 0.6 is 0 Å². The molecule has 2 rings (SSSR count). The highest BCUT2D eigenvalue weighted by atomic mass is 14.7. The van der Waals surface area contributed by atoms with Crippen LogP contribution in [0.3, 0.4) is 0 Å². The van der Waals surface area contributed by atoms with Gasteiger partial charge in [-0.15, -0.1) is 0 Å². The van der Waals surface area contributed by atoms with Crippen LogP contribution < -0.4 is 0 Å². The van der Waals surface area contributed by atoms with E-state index in [1.54, 1.807) is 0 Å². The second-order valence-corrected chi connectivity index (χ2v) is 4.48. The summed E-state index contributed by atoms with van der Waals surface area (Å²) >= 11 is 0. The molecule has 2 aromatic rings. The molecule has 0 fully saturated rings. The van der Waals surface area contributed by atoms with Crippen LogP contribution in [0.25, 0.3) is 0 Å². The van der Waals surface area contributed by atoms with E-state index in [2.05, 4.69) is 16.9 Å². The predicted molar refractivity (Wildman–Crippen MR) is 87.6 cm³/mol. The Morgan fingerprint density at radius 3 is 2.00 bits per heavy atom. The lowest BCUT2D eigenvalue weighted by Crippen LogP contribution is -1.80. The Morgan fingerprint density at radius 1 is 0.850 bits per heavy atom. The minimum atomic E-state index is 0.829. The minimum Gasteiger partial charge on any atom is -0.261 e. The fraction of sp³-hybridized carbons (Fsp3) is 0.111. The summed E-state index contributed by atoms with van der Waals surface area (Å²) in [5.41, 5.74) is 3.18. The third-order valence-electron chi connectivity index (χ3n) is 2.75. The van der Waals surface area contributed by atoms with Crippen molar-refractivity contribution in [3.63, 3.8) is 0 Å². The fourth-order valence-electron chi connectivity index (χ4n) is 1.64. The third-order valence-corrected chi connectivity index (χ3v) is 2.75. The highest BCUT2D eigenvalue weighted by Gasteiger charge is 1.87. The SMILES string of the molecule is CC(=CC=Nc1ccccc1)CC=Nc1ccccc1. The average molecular weight is 262 g/mol. The van der Waals surface area contributed by atoms with Gasteiger partial charge >= 0.3 is 0 Å². The number of hydrogen-bond donors (Lipinski definition) is 0. The second-order valence-electron chi connectivity index (χ2n) is 4.48. The Hall–Kier alpha value is -2.48. The lowest BCUT2D eigenvalue weighted by molar-refractivity contribution is 1.29. The zero-order valence-electron chi connectivity index (χ0n) is 11.6. The standard InChI is InChI=1S/C18H18N2/c1-16(12-14-19-17-8-4-2-5-9-17)13-15-20-18-10-6-3-7-11-18/h2-12,14-15H,13H2,1H3. The maximum atomic E-state index is 4.40. The van der Waals surface area contributed by atoms with Crippen LogP contribution in [0, 0.1) is 0 Å². The van der Waals surface area contributed by atoms with E-state index < -0.39 is 0 Å². The zero-order chi connectivity index (χ0) is 14.0. The monoisotopic (exact) mass is 262 g/mol. The number of nitrogens with zero attached hydrogens (tertiary/aromatic N) is 2. The molecule has 0 aliphatic carbocycles. The summed E-state index contributed by atoms with van der Waals surface area (Å²) in [6.07, 6.45) is 6.61. The van der Waals surface area contributed by atoms with Gasteiger partial charge in [0, 0.05) is 18.9 Å². The molecule has 0 saturated heterocycles. The van der Waals surface area contributed by atoms with Crippen molar-refractivity contribution < 1.29 is 0 Å². The summed E-state index contributed by atoms with van der Waals surface area (Å²) < 4.78 is 0. The first-order valence-corrected chi connectivity index (χ1v) is 6.67. The molecule has 100 valence electrons. The lowest BCUT2D eigenvalue weighted by atomic mass is 10.2. The van der Waals surface area contributed by atoms with Crippen molar-refractivity contribution in [2.75, 3.05) is 0 Å². The van der Waals surface area contributed by atoms with Crippen molar-refractivity contribution in [2.24, 2.45) is 9.98 Å². The van der Waals surface area contributed by atoms with Crippen molar-refractivity contribution in [3.8, 4) is 0 Å². The number of allylic oxidation sites excluding steroid dienone is 2. The van der Waals surface area contributed by atoms with E-state index >= 15 is 0 Å². The number of rotatable bonds is 5. The van der Waals surface area contributed by atoms with E-state index in [0.29, 0.717) is 0 Å². The van der Waals surface area contributed by atoms with Crippen LogP contribution in [0.2, 0.25) is 0 Å². The Morgan fingerprint density at radius 2 is 1.40 bits per heavy atom. The summed E-state index contributed by atoms with van der Waals surface area (Å²) in [5.74, 6) is 0. The summed E-state index contributed by atoms with van der Waals surface area (Å²) in [6.45, 7) is 2.08. The Kier molecular flexibility index (Phi) is 5.47. The summed E-state index contributed by atoms with van der Waals surface area (Å²) in [7, 11) is 0. The van der Waals surface area contributed by atoms with E-state index in [1.807, 2.05) is 79.2 Å². The maximum absolute atomic E-state index is 4.40. The molecule has 0 amide bonds.